The van der Waals surface area contributed by atoms with Crippen LogP contribution < -0.4 is 15.4 Å². The van der Waals surface area contributed by atoms with Gasteiger partial charge in [0.25, 0.3) is 0 Å². The summed E-state index contributed by atoms with van der Waals surface area (Å²) < 4.78 is 11.5. The summed E-state index contributed by atoms with van der Waals surface area (Å²) in [6, 6.07) is 15.9. The molecule has 0 saturated carbocycles. The summed E-state index contributed by atoms with van der Waals surface area (Å²) in [6.45, 7) is 15.9. The summed E-state index contributed by atoms with van der Waals surface area (Å²) in [6.07, 6.45) is 3.10. The molecule has 2 aromatic carbocycles. The molecule has 0 unspecified atom stereocenters. The molecule has 1 fully saturated rings. The number of piperidine rings is 1. The number of nitrogens with one attached hydrogen (secondary N) is 2. The van der Waals surface area contributed by atoms with Crippen molar-refractivity contribution in [2.45, 2.75) is 65.6 Å². The van der Waals surface area contributed by atoms with Gasteiger partial charge in [-0.05, 0) is 94.0 Å². The van der Waals surface area contributed by atoms with Gasteiger partial charge in [-0.1, -0.05) is 18.7 Å². The third-order valence-electron chi connectivity index (χ3n) is 6.71. The number of likely N-dealkylation sites (tertiary alicyclic amines) is 1. The molecule has 9 nitrogen and oxygen atoms in total. The van der Waals surface area contributed by atoms with Gasteiger partial charge >= 0.3 is 6.09 Å². The molecular weight excluding hydrogens is 516 g/mol. The number of alkyl carbamates (subject to hydrolysis) is 1. The Hall–Kier alpha value is -4.42. The molecule has 0 aliphatic carbocycles. The number of amides is 1. The Bertz CT molecular complexity index is 1410. The highest BCUT2D eigenvalue weighted by atomic mass is 16.6. The van der Waals surface area contributed by atoms with Crippen LogP contribution >= 0.6 is 0 Å². The van der Waals surface area contributed by atoms with Crippen LogP contribution in [-0.4, -0.2) is 45.7 Å². The van der Waals surface area contributed by atoms with Gasteiger partial charge in [-0.2, -0.15) is 10.2 Å². The van der Waals surface area contributed by atoms with Crippen molar-refractivity contribution < 1.29 is 14.3 Å². The second kappa shape index (κ2) is 12.8. The van der Waals surface area contributed by atoms with Crippen molar-refractivity contribution >= 4 is 23.3 Å². The van der Waals surface area contributed by atoms with Crippen molar-refractivity contribution in [1.82, 2.24) is 20.2 Å². The van der Waals surface area contributed by atoms with Crippen LogP contribution in [0.15, 0.2) is 55.2 Å². The van der Waals surface area contributed by atoms with E-state index in [4.69, 9.17) is 14.7 Å². The summed E-state index contributed by atoms with van der Waals surface area (Å²) in [5.74, 6) is 1.54. The molecule has 1 aliphatic heterocycles. The maximum atomic E-state index is 12.1. The standard InChI is InChI=1S/C32H38N6O3/c1-21-17-25(23(3)19-33)18-22(2)29(21)40-28-11-14-34-30(37-28)35-26-9-7-24(8-10-26)20-38-15-12-27(13-16-38)36-31(39)41-32(4,5)6/h7-11,14,17-18,27H,3,12-13,15-16,20H2,1-2,4-6H3,(H,36,39)(H,34,35,37). The van der Waals surface area contributed by atoms with Gasteiger partial charge in [0.1, 0.15) is 11.4 Å². The van der Waals surface area contributed by atoms with Crippen molar-refractivity contribution in [2.75, 3.05) is 18.4 Å². The largest absolute Gasteiger partial charge is 0.444 e. The van der Waals surface area contributed by atoms with E-state index in [-0.39, 0.29) is 12.1 Å². The topological polar surface area (TPSA) is 112 Å². The van der Waals surface area contributed by atoms with Crippen LogP contribution in [0.4, 0.5) is 16.4 Å². The number of carbonyl (C=O) groups is 1. The van der Waals surface area contributed by atoms with E-state index in [2.05, 4.69) is 50.3 Å². The zero-order valence-corrected chi connectivity index (χ0v) is 24.5. The molecule has 214 valence electrons. The lowest BCUT2D eigenvalue weighted by molar-refractivity contribution is 0.0477. The van der Waals surface area contributed by atoms with E-state index in [9.17, 15) is 4.79 Å². The van der Waals surface area contributed by atoms with Crippen molar-refractivity contribution in [2.24, 2.45) is 0 Å². The quantitative estimate of drug-likeness (QED) is 0.298. The highest BCUT2D eigenvalue weighted by Gasteiger charge is 2.23. The van der Waals surface area contributed by atoms with Gasteiger partial charge in [0.2, 0.25) is 11.8 Å². The first-order valence-corrected chi connectivity index (χ1v) is 13.8. The molecule has 41 heavy (non-hydrogen) atoms. The number of rotatable bonds is 8. The van der Waals surface area contributed by atoms with Gasteiger partial charge in [0.15, 0.2) is 0 Å². The number of anilines is 2. The van der Waals surface area contributed by atoms with Crippen LogP contribution in [0, 0.1) is 25.2 Å². The van der Waals surface area contributed by atoms with Crippen LogP contribution in [0.25, 0.3) is 5.57 Å². The monoisotopic (exact) mass is 554 g/mol. The van der Waals surface area contributed by atoms with E-state index >= 15 is 0 Å². The van der Waals surface area contributed by atoms with Crippen molar-refractivity contribution in [3.05, 3.63) is 77.5 Å². The fourth-order valence-electron chi connectivity index (χ4n) is 4.70. The first-order chi connectivity index (χ1) is 19.5. The van der Waals surface area contributed by atoms with Crippen LogP contribution in [0.1, 0.15) is 55.9 Å². The number of carbonyl (C=O) groups excluding carboxylic acids is 1. The highest BCUT2D eigenvalue weighted by Crippen LogP contribution is 2.31. The molecule has 1 aliphatic rings. The molecule has 3 aromatic rings. The molecular formula is C32H38N6O3. The van der Waals surface area contributed by atoms with Gasteiger partial charge in [-0.15, -0.1) is 0 Å². The summed E-state index contributed by atoms with van der Waals surface area (Å²) in [4.78, 5) is 23.3. The van der Waals surface area contributed by atoms with Gasteiger partial charge in [0.05, 0.1) is 11.6 Å². The molecule has 0 atom stereocenters. The number of ether oxygens (including phenoxy) is 2. The number of nitriles is 1. The summed E-state index contributed by atoms with van der Waals surface area (Å²) in [7, 11) is 0. The summed E-state index contributed by atoms with van der Waals surface area (Å²) in [5.41, 5.74) is 4.57. The molecule has 0 spiro atoms. The van der Waals surface area contributed by atoms with E-state index < -0.39 is 5.60 Å². The Labute approximate surface area is 242 Å². The smallest absolute Gasteiger partial charge is 0.407 e. The van der Waals surface area contributed by atoms with Crippen LogP contribution in [0.2, 0.25) is 0 Å². The molecule has 2 heterocycles. The van der Waals surface area contributed by atoms with E-state index in [1.807, 2.05) is 58.9 Å². The van der Waals surface area contributed by atoms with E-state index in [0.29, 0.717) is 23.2 Å². The second-order valence-corrected chi connectivity index (χ2v) is 11.4. The number of benzene rings is 2. The number of hydrogen-bond donors (Lipinski definition) is 2. The average Bonchev–Trinajstić information content (AvgIpc) is 2.91. The molecule has 1 amide bonds. The Kier molecular flexibility index (Phi) is 9.25. The lowest BCUT2D eigenvalue weighted by Gasteiger charge is -2.32. The number of hydrogen-bond acceptors (Lipinski definition) is 8. The predicted octanol–water partition coefficient (Wildman–Crippen LogP) is 6.66. The zero-order valence-electron chi connectivity index (χ0n) is 24.5. The molecule has 1 aromatic heterocycles. The molecule has 0 radical (unpaired) electrons. The second-order valence-electron chi connectivity index (χ2n) is 11.4. The molecule has 9 heteroatoms. The summed E-state index contributed by atoms with van der Waals surface area (Å²) in [5, 5.41) is 15.4. The lowest BCUT2D eigenvalue weighted by Crippen LogP contribution is -2.45. The minimum Gasteiger partial charge on any atom is -0.444 e. The van der Waals surface area contributed by atoms with Crippen molar-refractivity contribution in [3.8, 4) is 17.7 Å². The molecule has 0 bridgehead atoms. The molecule has 1 saturated heterocycles. The third-order valence-corrected chi connectivity index (χ3v) is 6.71. The number of nitrogens with zero attached hydrogens (tertiary/aromatic N) is 4. The fourth-order valence-corrected chi connectivity index (χ4v) is 4.70. The van der Waals surface area contributed by atoms with Crippen LogP contribution in [0.5, 0.6) is 11.6 Å². The number of allylic oxidation sites excluding steroid dienone is 1. The van der Waals surface area contributed by atoms with E-state index in [0.717, 1.165) is 54.9 Å². The van der Waals surface area contributed by atoms with Gasteiger partial charge < -0.3 is 20.1 Å². The van der Waals surface area contributed by atoms with Crippen molar-refractivity contribution in [3.63, 3.8) is 0 Å². The SMILES string of the molecule is C=C(C#N)c1cc(C)c(Oc2ccnc(Nc3ccc(CN4CCC(NC(=O)OC(C)(C)C)CC4)cc3)n2)c(C)c1. The van der Waals surface area contributed by atoms with Crippen LogP contribution in [0.3, 0.4) is 0 Å². The number of aromatic nitrogens is 2. The highest BCUT2D eigenvalue weighted by molar-refractivity contribution is 5.76. The predicted molar refractivity (Wildman–Crippen MR) is 160 cm³/mol. The van der Waals surface area contributed by atoms with E-state index in [1.165, 1.54) is 5.56 Å². The lowest BCUT2D eigenvalue weighted by atomic mass is 10.0. The van der Waals surface area contributed by atoms with Gasteiger partial charge in [0, 0.05) is 43.6 Å². The summed E-state index contributed by atoms with van der Waals surface area (Å²) >= 11 is 0. The minimum absolute atomic E-state index is 0.142. The maximum absolute atomic E-state index is 12.1. The first-order valence-electron chi connectivity index (χ1n) is 13.8. The van der Waals surface area contributed by atoms with E-state index in [1.54, 1.807) is 12.3 Å². The number of aryl methyl sites for hydroxylation is 2. The average molecular weight is 555 g/mol. The van der Waals surface area contributed by atoms with Gasteiger partial charge in [-0.25, -0.2) is 9.78 Å². The van der Waals surface area contributed by atoms with Gasteiger partial charge in [-0.3, -0.25) is 4.90 Å². The normalized spacial score (nSPS) is 14.1. The van der Waals surface area contributed by atoms with Crippen LogP contribution in [-0.2, 0) is 11.3 Å². The Balaban J connectivity index is 1.30. The first kappa shape index (κ1) is 29.6. The maximum Gasteiger partial charge on any atom is 0.407 e. The molecule has 4 rings (SSSR count). The third kappa shape index (κ3) is 8.53. The Morgan fingerprint density at radius 2 is 1.78 bits per heavy atom. The van der Waals surface area contributed by atoms with Crippen molar-refractivity contribution in [1.29, 1.82) is 5.26 Å². The fraction of sp³-hybridized carbons (Fsp3) is 0.375. The Morgan fingerprint density at radius 3 is 2.39 bits per heavy atom. The Morgan fingerprint density at radius 1 is 1.12 bits per heavy atom. The zero-order chi connectivity index (χ0) is 29.6. The molecule has 2 N–H and O–H groups in total. The minimum atomic E-state index is -0.490.